The lowest BCUT2D eigenvalue weighted by molar-refractivity contribution is -0.146. The third-order valence-electron chi connectivity index (χ3n) is 7.70. The summed E-state index contributed by atoms with van der Waals surface area (Å²) in [6.07, 6.45) is -0.640. The van der Waals surface area contributed by atoms with Gasteiger partial charge in [0.2, 0.25) is 5.91 Å². The van der Waals surface area contributed by atoms with Crippen LogP contribution in [-0.4, -0.2) is 45.1 Å². The molecule has 46 heavy (non-hydrogen) atoms. The average Bonchev–Trinajstić information content (AvgIpc) is 2.96. The van der Waals surface area contributed by atoms with Crippen molar-refractivity contribution in [2.24, 2.45) is 0 Å². The molecule has 0 radical (unpaired) electrons. The summed E-state index contributed by atoms with van der Waals surface area (Å²) in [6, 6.07) is 23.7. The van der Waals surface area contributed by atoms with E-state index in [1.54, 1.807) is 37.8 Å². The predicted molar refractivity (Wildman–Crippen MR) is 183 cm³/mol. The molecule has 0 aliphatic rings. The number of hydrogen-bond donors (Lipinski definition) is 3. The van der Waals surface area contributed by atoms with Crippen LogP contribution in [0.1, 0.15) is 69.8 Å². The van der Waals surface area contributed by atoms with Gasteiger partial charge in [0.25, 0.3) is 5.91 Å². The summed E-state index contributed by atoms with van der Waals surface area (Å²) in [7, 11) is 0. The van der Waals surface area contributed by atoms with Gasteiger partial charge in [0.05, 0.1) is 0 Å². The number of rotatable bonds is 8. The van der Waals surface area contributed by atoms with Crippen LogP contribution in [0.2, 0.25) is 0 Å². The van der Waals surface area contributed by atoms with Crippen molar-refractivity contribution in [2.45, 2.75) is 85.0 Å². The molecule has 0 bridgehead atoms. The van der Waals surface area contributed by atoms with Gasteiger partial charge < -0.3 is 25.4 Å². The van der Waals surface area contributed by atoms with Crippen LogP contribution in [0.15, 0.2) is 84.9 Å². The zero-order chi connectivity index (χ0) is 33.8. The van der Waals surface area contributed by atoms with Crippen molar-refractivity contribution in [3.8, 4) is 5.75 Å². The van der Waals surface area contributed by atoms with Crippen LogP contribution in [0, 0.1) is 13.8 Å². The summed E-state index contributed by atoms with van der Waals surface area (Å²) in [4.78, 5) is 43.8. The van der Waals surface area contributed by atoms with Crippen LogP contribution >= 0.6 is 0 Å². The Morgan fingerprint density at radius 1 is 0.804 bits per heavy atom. The molecule has 242 valence electrons. The van der Waals surface area contributed by atoms with Crippen molar-refractivity contribution in [1.29, 1.82) is 0 Å². The summed E-state index contributed by atoms with van der Waals surface area (Å²) in [5, 5.41) is 17.7. The first-order valence-corrected chi connectivity index (χ1v) is 15.5. The van der Waals surface area contributed by atoms with E-state index in [0.717, 1.165) is 21.9 Å². The first-order valence-electron chi connectivity index (χ1n) is 15.5. The highest BCUT2D eigenvalue weighted by molar-refractivity contribution is 6.00. The number of aryl methyl sites for hydroxylation is 2. The van der Waals surface area contributed by atoms with E-state index < -0.39 is 35.2 Å². The molecule has 0 heterocycles. The number of anilines is 1. The van der Waals surface area contributed by atoms with E-state index in [4.69, 9.17) is 4.74 Å². The molecule has 4 aromatic carbocycles. The van der Waals surface area contributed by atoms with Crippen molar-refractivity contribution < 1.29 is 24.2 Å². The molecule has 8 heteroatoms. The zero-order valence-corrected chi connectivity index (χ0v) is 28.0. The number of phenolic OH excluding ortho intramolecular Hbond substituents is 1. The van der Waals surface area contributed by atoms with E-state index in [-0.39, 0.29) is 18.1 Å². The van der Waals surface area contributed by atoms with Gasteiger partial charge in [-0.1, -0.05) is 60.7 Å². The van der Waals surface area contributed by atoms with E-state index in [2.05, 4.69) is 10.6 Å². The molecule has 0 aliphatic carbocycles. The number of alkyl carbamates (subject to hydrolysis) is 1. The summed E-state index contributed by atoms with van der Waals surface area (Å²) in [6.45, 7) is 14.8. The highest BCUT2D eigenvalue weighted by atomic mass is 16.6. The van der Waals surface area contributed by atoms with Crippen LogP contribution in [0.3, 0.4) is 0 Å². The fourth-order valence-corrected chi connectivity index (χ4v) is 5.36. The molecule has 0 aromatic heterocycles. The van der Waals surface area contributed by atoms with Gasteiger partial charge in [0.15, 0.2) is 0 Å². The summed E-state index contributed by atoms with van der Waals surface area (Å²) < 4.78 is 5.54. The number of nitrogens with one attached hydrogen (secondary N) is 2. The number of phenols is 1. The normalized spacial score (nSPS) is 13.0. The highest BCUT2D eigenvalue weighted by Gasteiger charge is 2.42. The van der Waals surface area contributed by atoms with E-state index in [9.17, 15) is 19.5 Å². The van der Waals surface area contributed by atoms with Gasteiger partial charge >= 0.3 is 6.09 Å². The molecule has 2 unspecified atom stereocenters. The summed E-state index contributed by atoms with van der Waals surface area (Å²) in [5.41, 5.74) is 2.35. The quantitative estimate of drug-likeness (QED) is 0.187. The van der Waals surface area contributed by atoms with E-state index >= 15 is 0 Å². The third-order valence-corrected chi connectivity index (χ3v) is 7.70. The topological polar surface area (TPSA) is 108 Å². The lowest BCUT2D eigenvalue weighted by atomic mass is 9.92. The van der Waals surface area contributed by atoms with Gasteiger partial charge in [-0.3, -0.25) is 9.59 Å². The van der Waals surface area contributed by atoms with Gasteiger partial charge in [-0.2, -0.15) is 0 Å². The summed E-state index contributed by atoms with van der Waals surface area (Å²) >= 11 is 0. The Hall–Kier alpha value is -4.85. The second-order valence-corrected chi connectivity index (χ2v) is 13.7. The smallest absolute Gasteiger partial charge is 0.408 e. The molecular formula is C38H45N3O5. The molecule has 0 saturated carbocycles. The first-order chi connectivity index (χ1) is 21.5. The lowest BCUT2D eigenvalue weighted by Gasteiger charge is -2.43. The molecule has 4 aromatic rings. The average molecular weight is 624 g/mol. The minimum Gasteiger partial charge on any atom is -0.508 e. The highest BCUT2D eigenvalue weighted by Crippen LogP contribution is 2.33. The Morgan fingerprint density at radius 2 is 1.46 bits per heavy atom. The van der Waals surface area contributed by atoms with Crippen molar-refractivity contribution in [3.05, 3.63) is 107 Å². The molecule has 2 atom stereocenters. The molecule has 3 N–H and O–H groups in total. The standard InChI is InChI=1S/C38H45N3O5/c1-24-13-16-29(21-25(24)2)33(34(43)39-30-18-17-27-11-9-10-12-28(27)23-30)41(37(3,4)5)35(44)32(40-36(45)46-38(6,7)8)22-26-14-19-31(42)20-15-26/h9-21,23,32-33,42H,22H2,1-8H3,(H,39,43)(H,40,45). The van der Waals surface area contributed by atoms with Gasteiger partial charge in [0, 0.05) is 17.6 Å². The predicted octanol–water partition coefficient (Wildman–Crippen LogP) is 7.61. The Morgan fingerprint density at radius 3 is 2.07 bits per heavy atom. The zero-order valence-electron chi connectivity index (χ0n) is 28.0. The van der Waals surface area contributed by atoms with Crippen LogP contribution in [-0.2, 0) is 20.7 Å². The van der Waals surface area contributed by atoms with Gasteiger partial charge in [-0.25, -0.2) is 4.79 Å². The van der Waals surface area contributed by atoms with Gasteiger partial charge in [0.1, 0.15) is 23.4 Å². The molecule has 0 spiro atoms. The van der Waals surface area contributed by atoms with Crippen molar-refractivity contribution >= 4 is 34.4 Å². The molecule has 4 rings (SSSR count). The van der Waals surface area contributed by atoms with Crippen LogP contribution in [0.25, 0.3) is 10.8 Å². The Balaban J connectivity index is 1.80. The number of carbonyl (C=O) groups excluding carboxylic acids is 3. The maximum atomic E-state index is 14.8. The molecule has 8 nitrogen and oxygen atoms in total. The van der Waals surface area contributed by atoms with E-state index in [1.165, 1.54) is 12.1 Å². The van der Waals surface area contributed by atoms with Gasteiger partial charge in [-0.05, 0) is 113 Å². The number of fused-ring (bicyclic) bond motifs is 1. The van der Waals surface area contributed by atoms with E-state index in [0.29, 0.717) is 16.8 Å². The Bertz CT molecular complexity index is 1720. The minimum atomic E-state index is -1.08. The molecule has 0 aliphatic heterocycles. The molecular weight excluding hydrogens is 578 g/mol. The maximum absolute atomic E-state index is 14.8. The fraction of sp³-hybridized carbons (Fsp3) is 0.342. The van der Waals surface area contributed by atoms with Crippen molar-refractivity contribution in [2.75, 3.05) is 5.32 Å². The number of nitrogens with zero attached hydrogens (tertiary/aromatic N) is 1. The van der Waals surface area contributed by atoms with Crippen LogP contribution < -0.4 is 10.6 Å². The van der Waals surface area contributed by atoms with E-state index in [1.807, 2.05) is 95.3 Å². The molecule has 3 amide bonds. The Labute approximate surface area is 271 Å². The maximum Gasteiger partial charge on any atom is 0.408 e. The van der Waals surface area contributed by atoms with Crippen molar-refractivity contribution in [1.82, 2.24) is 10.2 Å². The second kappa shape index (κ2) is 13.6. The van der Waals surface area contributed by atoms with Crippen molar-refractivity contribution in [3.63, 3.8) is 0 Å². The number of amides is 3. The van der Waals surface area contributed by atoms with Crippen LogP contribution in [0.5, 0.6) is 5.75 Å². The SMILES string of the molecule is Cc1ccc(C(C(=O)Nc2ccc3ccccc3c2)N(C(=O)C(Cc2ccc(O)cc2)NC(=O)OC(C)(C)C)C(C)(C)C)cc1C. The monoisotopic (exact) mass is 623 g/mol. The number of hydrogen-bond acceptors (Lipinski definition) is 5. The molecule has 0 fully saturated rings. The Kier molecular flexibility index (Phi) is 10.1. The third kappa shape index (κ3) is 8.65. The number of ether oxygens (including phenoxy) is 1. The lowest BCUT2D eigenvalue weighted by Crippen LogP contribution is -2.58. The fourth-order valence-electron chi connectivity index (χ4n) is 5.36. The largest absolute Gasteiger partial charge is 0.508 e. The number of benzene rings is 4. The summed E-state index contributed by atoms with van der Waals surface area (Å²) in [5.74, 6) is -0.756. The second-order valence-electron chi connectivity index (χ2n) is 13.7. The minimum absolute atomic E-state index is 0.0863. The first kappa shape index (κ1) is 34.0. The number of aromatic hydroxyl groups is 1. The number of carbonyl (C=O) groups is 3. The van der Waals surface area contributed by atoms with Gasteiger partial charge in [-0.15, -0.1) is 0 Å². The van der Waals surface area contributed by atoms with Crippen LogP contribution in [0.4, 0.5) is 10.5 Å². The molecule has 0 saturated heterocycles.